The van der Waals surface area contributed by atoms with Crippen LogP contribution in [0.4, 0.5) is 4.79 Å². The second-order valence-electron chi connectivity index (χ2n) is 8.33. The first-order valence-electron chi connectivity index (χ1n) is 11.8. The Labute approximate surface area is 203 Å². The largest absolute Gasteiger partial charge is 0.449 e. The molecule has 0 bridgehead atoms. The van der Waals surface area contributed by atoms with Crippen molar-refractivity contribution in [1.29, 1.82) is 0 Å². The first kappa shape index (κ1) is 22.5. The zero-order valence-corrected chi connectivity index (χ0v) is 19.8. The van der Waals surface area contributed by atoms with Gasteiger partial charge in [0.2, 0.25) is 0 Å². The number of rotatable bonds is 7. The van der Waals surface area contributed by atoms with E-state index in [0.29, 0.717) is 25.5 Å². The zero-order valence-electron chi connectivity index (χ0n) is 19.8. The van der Waals surface area contributed by atoms with Gasteiger partial charge in [-0.25, -0.2) is 14.9 Å². The van der Waals surface area contributed by atoms with E-state index in [4.69, 9.17) is 9.72 Å². The van der Waals surface area contributed by atoms with Crippen molar-refractivity contribution in [3.8, 4) is 22.5 Å². The molecule has 1 aliphatic rings. The lowest BCUT2D eigenvalue weighted by Gasteiger charge is -2.21. The number of benzene rings is 2. The second kappa shape index (κ2) is 9.92. The molecule has 178 valence electrons. The summed E-state index contributed by atoms with van der Waals surface area (Å²) in [6.07, 6.45) is 5.26. The molecule has 2 aromatic heterocycles. The Bertz CT molecular complexity index is 1340. The van der Waals surface area contributed by atoms with Gasteiger partial charge in [0.25, 0.3) is 0 Å². The lowest BCUT2D eigenvalue weighted by atomic mass is 9.98. The number of amides is 1. The van der Waals surface area contributed by atoms with Crippen LogP contribution in [0.3, 0.4) is 0 Å². The highest BCUT2D eigenvalue weighted by Gasteiger charge is 2.24. The number of nitrogens with zero attached hydrogens (tertiary/aromatic N) is 6. The summed E-state index contributed by atoms with van der Waals surface area (Å²) in [4.78, 5) is 18.6. The third-order valence-corrected chi connectivity index (χ3v) is 6.00. The van der Waals surface area contributed by atoms with E-state index in [1.165, 1.54) is 5.56 Å². The van der Waals surface area contributed by atoms with Crippen molar-refractivity contribution in [2.24, 2.45) is 0 Å². The van der Waals surface area contributed by atoms with Crippen molar-refractivity contribution in [1.82, 2.24) is 35.1 Å². The number of aryl methyl sites for hydroxylation is 1. The van der Waals surface area contributed by atoms with Crippen LogP contribution in [-0.2, 0) is 24.2 Å². The standard InChI is InChI=1S/C26H27N7O2/c1-3-7-24-27-22-17-32(26(34)35-4-2)15-14-23(22)33(24)16-18-10-12-19(13-11-18)20-8-5-6-9-21(20)25-28-30-31-29-25/h5-6,8-15H,3-4,7,16-17H2,1-2H3,(H,28,29,30,31). The number of hydrogen-bond acceptors (Lipinski definition) is 6. The number of imidazole rings is 1. The molecule has 1 amide bonds. The molecule has 1 aliphatic heterocycles. The molecule has 0 radical (unpaired) electrons. The van der Waals surface area contributed by atoms with E-state index >= 15 is 0 Å². The average Bonchev–Trinajstić information content (AvgIpc) is 3.53. The predicted octanol–water partition coefficient (Wildman–Crippen LogP) is 4.67. The predicted molar refractivity (Wildman–Crippen MR) is 132 cm³/mol. The summed E-state index contributed by atoms with van der Waals surface area (Å²) in [5.41, 5.74) is 6.22. The maximum atomic E-state index is 12.2. The molecular formula is C26H27N7O2. The van der Waals surface area contributed by atoms with E-state index < -0.39 is 0 Å². The molecule has 9 nitrogen and oxygen atoms in total. The molecule has 0 unspecified atom stereocenters. The maximum Gasteiger partial charge on any atom is 0.414 e. The SMILES string of the molecule is CCCc1nc2c(n1Cc1ccc(-c3ccccc3-c3nnn[nH]3)cc1)C=CN(C(=O)OCC)C2. The number of fused-ring (bicyclic) bond motifs is 1. The van der Waals surface area contributed by atoms with Gasteiger partial charge in [-0.05, 0) is 46.5 Å². The normalized spacial score (nSPS) is 12.6. The van der Waals surface area contributed by atoms with Gasteiger partial charge in [0.1, 0.15) is 5.82 Å². The number of aromatic nitrogens is 6. The van der Waals surface area contributed by atoms with Crippen molar-refractivity contribution in [3.05, 3.63) is 77.5 Å². The third-order valence-electron chi connectivity index (χ3n) is 6.00. The monoisotopic (exact) mass is 469 g/mol. The van der Waals surface area contributed by atoms with Gasteiger partial charge in [0.15, 0.2) is 5.82 Å². The minimum Gasteiger partial charge on any atom is -0.449 e. The Morgan fingerprint density at radius 2 is 1.89 bits per heavy atom. The van der Waals surface area contributed by atoms with Gasteiger partial charge in [-0.2, -0.15) is 0 Å². The van der Waals surface area contributed by atoms with Crippen LogP contribution in [-0.4, -0.2) is 47.8 Å². The summed E-state index contributed by atoms with van der Waals surface area (Å²) >= 11 is 0. The van der Waals surface area contributed by atoms with Crippen molar-refractivity contribution in [2.75, 3.05) is 6.61 Å². The number of H-pyrrole nitrogens is 1. The van der Waals surface area contributed by atoms with E-state index in [2.05, 4.69) is 62.4 Å². The third kappa shape index (κ3) is 4.57. The summed E-state index contributed by atoms with van der Waals surface area (Å²) in [6.45, 7) is 5.42. The number of aromatic amines is 1. The molecule has 3 heterocycles. The maximum absolute atomic E-state index is 12.2. The van der Waals surface area contributed by atoms with Gasteiger partial charge in [-0.3, -0.25) is 4.90 Å². The Morgan fingerprint density at radius 1 is 1.09 bits per heavy atom. The highest BCUT2D eigenvalue weighted by atomic mass is 16.6. The topological polar surface area (TPSA) is 102 Å². The van der Waals surface area contributed by atoms with Gasteiger partial charge in [0, 0.05) is 24.7 Å². The van der Waals surface area contributed by atoms with Crippen molar-refractivity contribution < 1.29 is 9.53 Å². The lowest BCUT2D eigenvalue weighted by Crippen LogP contribution is -2.28. The molecular weight excluding hydrogens is 442 g/mol. The number of tetrazole rings is 1. The summed E-state index contributed by atoms with van der Waals surface area (Å²) in [5.74, 6) is 1.67. The Morgan fingerprint density at radius 3 is 2.60 bits per heavy atom. The molecule has 0 fully saturated rings. The zero-order chi connectivity index (χ0) is 24.2. The van der Waals surface area contributed by atoms with Crippen LogP contribution in [0.5, 0.6) is 0 Å². The number of carbonyl (C=O) groups excluding carboxylic acids is 1. The van der Waals surface area contributed by atoms with E-state index in [9.17, 15) is 4.79 Å². The van der Waals surface area contributed by atoms with Gasteiger partial charge >= 0.3 is 6.09 Å². The smallest absolute Gasteiger partial charge is 0.414 e. The average molecular weight is 470 g/mol. The van der Waals surface area contributed by atoms with Crippen molar-refractivity contribution >= 4 is 12.2 Å². The Kier molecular flexibility index (Phi) is 6.38. The van der Waals surface area contributed by atoms with Crippen LogP contribution in [0.2, 0.25) is 0 Å². The Hall–Kier alpha value is -4.27. The summed E-state index contributed by atoms with van der Waals surface area (Å²) < 4.78 is 7.40. The van der Waals surface area contributed by atoms with E-state index in [-0.39, 0.29) is 6.09 Å². The van der Waals surface area contributed by atoms with Crippen LogP contribution < -0.4 is 0 Å². The van der Waals surface area contributed by atoms with Gasteiger partial charge < -0.3 is 9.30 Å². The minimum atomic E-state index is -0.349. The van der Waals surface area contributed by atoms with Gasteiger partial charge in [-0.15, -0.1) is 5.10 Å². The Balaban J connectivity index is 1.41. The summed E-state index contributed by atoms with van der Waals surface area (Å²) in [5, 5.41) is 14.3. The summed E-state index contributed by atoms with van der Waals surface area (Å²) in [6, 6.07) is 16.6. The molecule has 35 heavy (non-hydrogen) atoms. The highest BCUT2D eigenvalue weighted by molar-refractivity contribution is 5.80. The molecule has 0 aliphatic carbocycles. The molecule has 2 aromatic carbocycles. The number of nitrogens with one attached hydrogen (secondary N) is 1. The molecule has 4 aromatic rings. The fourth-order valence-corrected chi connectivity index (χ4v) is 4.35. The van der Waals surface area contributed by atoms with E-state index in [1.54, 1.807) is 18.0 Å². The fraction of sp³-hybridized carbons (Fsp3) is 0.269. The van der Waals surface area contributed by atoms with E-state index in [1.807, 2.05) is 24.3 Å². The van der Waals surface area contributed by atoms with Crippen molar-refractivity contribution in [2.45, 2.75) is 39.8 Å². The molecule has 0 atom stereocenters. The summed E-state index contributed by atoms with van der Waals surface area (Å²) in [7, 11) is 0. The molecule has 1 N–H and O–H groups in total. The molecule has 5 rings (SSSR count). The lowest BCUT2D eigenvalue weighted by molar-refractivity contribution is 0.120. The van der Waals surface area contributed by atoms with Crippen LogP contribution in [0, 0.1) is 0 Å². The molecule has 0 spiro atoms. The van der Waals surface area contributed by atoms with Gasteiger partial charge in [-0.1, -0.05) is 55.5 Å². The van der Waals surface area contributed by atoms with Crippen LogP contribution in [0.15, 0.2) is 54.7 Å². The van der Waals surface area contributed by atoms with Crippen molar-refractivity contribution in [3.63, 3.8) is 0 Å². The second-order valence-corrected chi connectivity index (χ2v) is 8.33. The van der Waals surface area contributed by atoms with Crippen LogP contribution in [0.1, 0.15) is 43.0 Å². The first-order valence-corrected chi connectivity index (χ1v) is 11.8. The number of carbonyl (C=O) groups is 1. The molecule has 0 saturated heterocycles. The van der Waals surface area contributed by atoms with Crippen LogP contribution in [0.25, 0.3) is 28.6 Å². The fourth-order valence-electron chi connectivity index (χ4n) is 4.35. The number of hydrogen-bond donors (Lipinski definition) is 1. The molecule has 0 saturated carbocycles. The van der Waals surface area contributed by atoms with Crippen LogP contribution >= 0.6 is 0 Å². The first-order chi connectivity index (χ1) is 17.2. The van der Waals surface area contributed by atoms with E-state index in [0.717, 1.165) is 46.7 Å². The van der Waals surface area contributed by atoms with Gasteiger partial charge in [0.05, 0.1) is 24.5 Å². The number of ether oxygens (including phenoxy) is 1. The quantitative estimate of drug-likeness (QED) is 0.422. The minimum absolute atomic E-state index is 0.349. The highest BCUT2D eigenvalue weighted by Crippen LogP contribution is 2.30. The molecule has 9 heteroatoms.